The van der Waals surface area contributed by atoms with E-state index in [2.05, 4.69) is 0 Å². The molecule has 0 aliphatic carbocycles. The predicted molar refractivity (Wildman–Crippen MR) is 114 cm³/mol. The molecule has 2 heterocycles. The fourth-order valence-electron chi connectivity index (χ4n) is 3.63. The molecule has 8 nitrogen and oxygen atoms in total. The number of amides is 1. The van der Waals surface area contributed by atoms with Gasteiger partial charge >= 0.3 is 11.7 Å². The highest BCUT2D eigenvalue weighted by Gasteiger charge is 2.21. The number of morpholine rings is 1. The minimum absolute atomic E-state index is 0.361. The lowest BCUT2D eigenvalue weighted by molar-refractivity contribution is 0.0416. The quantitative estimate of drug-likeness (QED) is 0.590. The van der Waals surface area contributed by atoms with Crippen molar-refractivity contribution in [2.75, 3.05) is 40.5 Å². The van der Waals surface area contributed by atoms with Gasteiger partial charge in [-0.3, -0.25) is 0 Å². The lowest BCUT2D eigenvalue weighted by Crippen LogP contribution is -2.42. The molecule has 4 rings (SSSR count). The van der Waals surface area contributed by atoms with Gasteiger partial charge in [-0.25, -0.2) is 9.59 Å². The monoisotopic (exact) mass is 425 g/mol. The highest BCUT2D eigenvalue weighted by Crippen LogP contribution is 2.36. The summed E-state index contributed by atoms with van der Waals surface area (Å²) in [5.41, 5.74) is 1.52. The Morgan fingerprint density at radius 1 is 1.00 bits per heavy atom. The van der Waals surface area contributed by atoms with Crippen molar-refractivity contribution in [1.82, 2.24) is 4.90 Å². The molecule has 1 fully saturated rings. The van der Waals surface area contributed by atoms with Crippen LogP contribution in [0.3, 0.4) is 0 Å². The van der Waals surface area contributed by atoms with Crippen molar-refractivity contribution in [3.8, 4) is 28.4 Å². The van der Waals surface area contributed by atoms with Gasteiger partial charge in [0.05, 0.1) is 33.0 Å². The largest absolute Gasteiger partial charge is 0.497 e. The van der Waals surface area contributed by atoms with Crippen LogP contribution >= 0.6 is 0 Å². The number of hydrogen-bond acceptors (Lipinski definition) is 7. The average Bonchev–Trinajstić information content (AvgIpc) is 2.80. The molecule has 0 saturated carbocycles. The van der Waals surface area contributed by atoms with Crippen molar-refractivity contribution >= 4 is 17.1 Å². The second kappa shape index (κ2) is 8.69. The number of fused-ring (bicyclic) bond motifs is 1. The normalized spacial score (nSPS) is 13.8. The number of methoxy groups -OCH3 is 2. The molecule has 1 aromatic heterocycles. The number of ether oxygens (including phenoxy) is 4. The van der Waals surface area contributed by atoms with E-state index in [9.17, 15) is 9.59 Å². The smallest absolute Gasteiger partial charge is 0.415 e. The molecule has 1 aliphatic heterocycles. The van der Waals surface area contributed by atoms with Gasteiger partial charge in [-0.15, -0.1) is 0 Å². The molecule has 0 N–H and O–H groups in total. The van der Waals surface area contributed by atoms with Crippen molar-refractivity contribution in [2.45, 2.75) is 6.92 Å². The zero-order chi connectivity index (χ0) is 22.0. The van der Waals surface area contributed by atoms with Crippen molar-refractivity contribution in [2.24, 2.45) is 0 Å². The van der Waals surface area contributed by atoms with Crippen LogP contribution < -0.4 is 19.8 Å². The number of hydrogen-bond donors (Lipinski definition) is 0. The number of aryl methyl sites for hydroxylation is 1. The maximum atomic E-state index is 12.8. The van der Waals surface area contributed by atoms with Gasteiger partial charge in [0.2, 0.25) is 0 Å². The number of rotatable bonds is 4. The second-order valence-corrected chi connectivity index (χ2v) is 7.08. The van der Waals surface area contributed by atoms with E-state index in [0.29, 0.717) is 71.2 Å². The highest BCUT2D eigenvalue weighted by atomic mass is 16.6. The Hall–Kier alpha value is -3.52. The molecule has 8 heteroatoms. The molecule has 0 unspecified atom stereocenters. The summed E-state index contributed by atoms with van der Waals surface area (Å²) in [6, 6.07) is 10.1. The lowest BCUT2D eigenvalue weighted by atomic mass is 9.98. The minimum Gasteiger partial charge on any atom is -0.497 e. The topological polar surface area (TPSA) is 87.4 Å². The van der Waals surface area contributed by atoms with Crippen LogP contribution in [0.4, 0.5) is 4.79 Å². The highest BCUT2D eigenvalue weighted by molar-refractivity contribution is 5.89. The summed E-state index contributed by atoms with van der Waals surface area (Å²) in [5, 5.41) is 0.659. The Bertz CT molecular complexity index is 1180. The molecule has 3 aromatic rings. The van der Waals surface area contributed by atoms with Crippen molar-refractivity contribution < 1.29 is 28.2 Å². The molecule has 162 valence electrons. The van der Waals surface area contributed by atoms with Gasteiger partial charge in [-0.1, -0.05) is 0 Å². The SMILES string of the molecule is COc1ccc(OC)c(-c2c(C)c3cc(OC(=O)N4CCOCC4)ccc3oc2=O)c1. The summed E-state index contributed by atoms with van der Waals surface area (Å²) >= 11 is 0. The van der Waals surface area contributed by atoms with Crippen molar-refractivity contribution in [1.29, 1.82) is 0 Å². The minimum atomic E-state index is -0.491. The Balaban J connectivity index is 1.77. The third kappa shape index (κ3) is 4.06. The van der Waals surface area contributed by atoms with Crippen LogP contribution in [-0.4, -0.2) is 51.5 Å². The number of carbonyl (C=O) groups is 1. The molecular formula is C23H23NO7. The zero-order valence-corrected chi connectivity index (χ0v) is 17.6. The van der Waals surface area contributed by atoms with Gasteiger partial charge in [-0.05, 0) is 48.9 Å². The van der Waals surface area contributed by atoms with Gasteiger partial charge in [-0.2, -0.15) is 0 Å². The Morgan fingerprint density at radius 3 is 2.45 bits per heavy atom. The fourth-order valence-corrected chi connectivity index (χ4v) is 3.63. The van der Waals surface area contributed by atoms with E-state index in [1.54, 1.807) is 48.4 Å². The maximum absolute atomic E-state index is 12.8. The molecular weight excluding hydrogens is 402 g/mol. The van der Waals surface area contributed by atoms with E-state index in [4.69, 9.17) is 23.4 Å². The van der Waals surface area contributed by atoms with E-state index in [0.717, 1.165) is 0 Å². The van der Waals surface area contributed by atoms with Crippen LogP contribution in [0.25, 0.3) is 22.1 Å². The Labute approximate surface area is 178 Å². The van der Waals surface area contributed by atoms with Crippen LogP contribution in [0.15, 0.2) is 45.6 Å². The number of carbonyl (C=O) groups excluding carboxylic acids is 1. The molecule has 0 atom stereocenters. The third-order valence-electron chi connectivity index (χ3n) is 5.29. The van der Waals surface area contributed by atoms with Gasteiger partial charge in [0.1, 0.15) is 22.8 Å². The zero-order valence-electron chi connectivity index (χ0n) is 17.6. The summed E-state index contributed by atoms with van der Waals surface area (Å²) in [4.78, 5) is 26.8. The molecule has 0 bridgehead atoms. The molecule has 0 radical (unpaired) electrons. The van der Waals surface area contributed by atoms with E-state index in [1.807, 2.05) is 6.92 Å². The van der Waals surface area contributed by atoms with E-state index >= 15 is 0 Å². The molecule has 31 heavy (non-hydrogen) atoms. The number of benzene rings is 2. The Kier molecular flexibility index (Phi) is 5.81. The first-order valence-electron chi connectivity index (χ1n) is 9.86. The van der Waals surface area contributed by atoms with Crippen LogP contribution in [0.1, 0.15) is 5.56 Å². The molecule has 1 aliphatic rings. The van der Waals surface area contributed by atoms with Gasteiger partial charge in [0.25, 0.3) is 0 Å². The van der Waals surface area contributed by atoms with Crippen LogP contribution in [-0.2, 0) is 4.74 Å². The lowest BCUT2D eigenvalue weighted by Gasteiger charge is -2.25. The molecule has 1 saturated heterocycles. The summed E-state index contributed by atoms with van der Waals surface area (Å²) < 4.78 is 27.1. The second-order valence-electron chi connectivity index (χ2n) is 7.08. The number of nitrogens with zero attached hydrogens (tertiary/aromatic N) is 1. The van der Waals surface area contributed by atoms with Crippen molar-refractivity contribution in [3.63, 3.8) is 0 Å². The summed E-state index contributed by atoms with van der Waals surface area (Å²) in [7, 11) is 3.09. The van der Waals surface area contributed by atoms with Crippen LogP contribution in [0, 0.1) is 6.92 Å². The predicted octanol–water partition coefficient (Wildman–Crippen LogP) is 3.62. The van der Waals surface area contributed by atoms with Crippen LogP contribution in [0.5, 0.6) is 17.2 Å². The van der Waals surface area contributed by atoms with Crippen LogP contribution in [0.2, 0.25) is 0 Å². The molecule has 1 amide bonds. The average molecular weight is 425 g/mol. The first-order chi connectivity index (χ1) is 15.0. The van der Waals surface area contributed by atoms with Gasteiger partial charge < -0.3 is 28.3 Å². The van der Waals surface area contributed by atoms with Gasteiger partial charge in [0, 0.05) is 24.0 Å². The Morgan fingerprint density at radius 2 is 1.74 bits per heavy atom. The summed E-state index contributed by atoms with van der Waals surface area (Å²) in [5.74, 6) is 1.47. The standard InChI is InChI=1S/C23H23NO7/c1-14-17-13-16(30-23(26)24-8-10-29-11-9-24)5-7-20(17)31-22(25)21(14)18-12-15(27-2)4-6-19(18)28-3/h4-7,12-13H,8-11H2,1-3H3. The summed E-state index contributed by atoms with van der Waals surface area (Å²) in [6.45, 7) is 3.77. The first-order valence-corrected chi connectivity index (χ1v) is 9.86. The van der Waals surface area contributed by atoms with Crippen molar-refractivity contribution in [3.05, 3.63) is 52.4 Å². The first kappa shape index (κ1) is 20.7. The van der Waals surface area contributed by atoms with E-state index in [1.165, 1.54) is 7.11 Å². The summed E-state index contributed by atoms with van der Waals surface area (Å²) in [6.07, 6.45) is -0.438. The molecule has 2 aromatic carbocycles. The fraction of sp³-hybridized carbons (Fsp3) is 0.304. The van der Waals surface area contributed by atoms with Gasteiger partial charge in [0.15, 0.2) is 0 Å². The molecule has 0 spiro atoms. The van der Waals surface area contributed by atoms with E-state index in [-0.39, 0.29) is 0 Å². The maximum Gasteiger partial charge on any atom is 0.415 e. The van der Waals surface area contributed by atoms with E-state index < -0.39 is 11.7 Å². The third-order valence-corrected chi connectivity index (χ3v) is 5.29.